The smallest absolute Gasteiger partial charge is 0.236 e. The van der Waals surface area contributed by atoms with Gasteiger partial charge in [0.2, 0.25) is 5.91 Å². The molecule has 0 saturated carbocycles. The molecule has 18 heavy (non-hydrogen) atoms. The number of nitrogens with zero attached hydrogens (tertiary/aromatic N) is 1. The van der Waals surface area contributed by atoms with Crippen molar-refractivity contribution in [1.29, 1.82) is 0 Å². The van der Waals surface area contributed by atoms with Crippen LogP contribution in [-0.2, 0) is 11.2 Å². The Bertz CT molecular complexity index is 610. The van der Waals surface area contributed by atoms with Gasteiger partial charge in [-0.15, -0.1) is 0 Å². The summed E-state index contributed by atoms with van der Waals surface area (Å²) in [6.45, 7) is 4.10. The van der Waals surface area contributed by atoms with E-state index in [1.165, 1.54) is 0 Å². The van der Waals surface area contributed by atoms with Crippen LogP contribution < -0.4 is 4.90 Å². The van der Waals surface area contributed by atoms with E-state index in [-0.39, 0.29) is 5.91 Å². The number of rotatable bonds is 1. The minimum atomic E-state index is 0.161. The number of aryl methyl sites for hydroxylation is 2. The fraction of sp³-hybridized carbons (Fsp3) is 0.188. The highest BCUT2D eigenvalue weighted by atomic mass is 16.2. The molecule has 0 bridgehead atoms. The summed E-state index contributed by atoms with van der Waals surface area (Å²) in [4.78, 5) is 14.1. The van der Waals surface area contributed by atoms with Crippen molar-refractivity contribution in [2.24, 2.45) is 0 Å². The number of carbonyl (C=O) groups is 1. The third-order valence-electron chi connectivity index (χ3n) is 3.49. The average Bonchev–Trinajstić information content (AvgIpc) is 2.66. The maximum atomic E-state index is 12.3. The Morgan fingerprint density at radius 3 is 2.33 bits per heavy atom. The molecule has 0 aliphatic carbocycles. The first kappa shape index (κ1) is 11.0. The number of carbonyl (C=O) groups excluding carboxylic acids is 1. The third-order valence-corrected chi connectivity index (χ3v) is 3.49. The summed E-state index contributed by atoms with van der Waals surface area (Å²) >= 11 is 0. The van der Waals surface area contributed by atoms with Gasteiger partial charge in [0.05, 0.1) is 17.8 Å². The van der Waals surface area contributed by atoms with Crippen LogP contribution in [-0.4, -0.2) is 5.91 Å². The van der Waals surface area contributed by atoms with Crippen LogP contribution in [0.15, 0.2) is 42.5 Å². The predicted octanol–water partition coefficient (Wildman–Crippen LogP) is 3.52. The molecule has 1 aliphatic heterocycles. The fourth-order valence-corrected chi connectivity index (χ4v) is 2.66. The molecule has 1 heterocycles. The van der Waals surface area contributed by atoms with Crippen LogP contribution in [0.5, 0.6) is 0 Å². The van der Waals surface area contributed by atoms with Crippen LogP contribution in [0.3, 0.4) is 0 Å². The molecule has 1 aliphatic rings. The first-order chi connectivity index (χ1) is 8.68. The Balaban J connectivity index is 2.21. The minimum Gasteiger partial charge on any atom is -0.280 e. The zero-order valence-corrected chi connectivity index (χ0v) is 10.6. The Kier molecular flexibility index (Phi) is 2.44. The molecule has 2 aromatic rings. The van der Waals surface area contributed by atoms with E-state index in [0.717, 1.165) is 28.1 Å². The van der Waals surface area contributed by atoms with Crippen LogP contribution in [0, 0.1) is 13.8 Å². The highest BCUT2D eigenvalue weighted by molar-refractivity contribution is 6.08. The van der Waals surface area contributed by atoms with Crippen LogP contribution in [0.4, 0.5) is 11.4 Å². The number of benzene rings is 2. The van der Waals surface area contributed by atoms with Crippen molar-refractivity contribution in [3.8, 4) is 0 Å². The van der Waals surface area contributed by atoms with Crippen molar-refractivity contribution in [2.45, 2.75) is 20.3 Å². The molecule has 0 spiro atoms. The molecule has 0 atom stereocenters. The van der Waals surface area contributed by atoms with E-state index < -0.39 is 0 Å². The van der Waals surface area contributed by atoms with Crippen molar-refractivity contribution < 1.29 is 4.79 Å². The van der Waals surface area contributed by atoms with E-state index in [1.807, 2.05) is 35.2 Å². The lowest BCUT2D eigenvalue weighted by Crippen LogP contribution is -2.22. The zero-order chi connectivity index (χ0) is 12.7. The van der Waals surface area contributed by atoms with Crippen molar-refractivity contribution in [3.05, 3.63) is 59.2 Å². The van der Waals surface area contributed by atoms with Crippen LogP contribution in [0.1, 0.15) is 16.7 Å². The van der Waals surface area contributed by atoms with Crippen molar-refractivity contribution in [1.82, 2.24) is 0 Å². The fourth-order valence-electron chi connectivity index (χ4n) is 2.66. The van der Waals surface area contributed by atoms with Crippen LogP contribution in [0.2, 0.25) is 0 Å². The summed E-state index contributed by atoms with van der Waals surface area (Å²) in [5.74, 6) is 0.161. The first-order valence-corrected chi connectivity index (χ1v) is 6.15. The predicted molar refractivity (Wildman–Crippen MR) is 73.2 cm³/mol. The van der Waals surface area contributed by atoms with Gasteiger partial charge >= 0.3 is 0 Å². The first-order valence-electron chi connectivity index (χ1n) is 6.15. The summed E-state index contributed by atoms with van der Waals surface area (Å²) in [7, 11) is 0. The summed E-state index contributed by atoms with van der Waals surface area (Å²) in [6.07, 6.45) is 0.504. The monoisotopic (exact) mass is 237 g/mol. The Morgan fingerprint density at radius 2 is 1.61 bits per heavy atom. The Labute approximate surface area is 107 Å². The SMILES string of the molecule is Cc1cccc(C)c1N1C(=O)Cc2ccccc21. The molecule has 2 nitrogen and oxygen atoms in total. The molecule has 90 valence electrons. The van der Waals surface area contributed by atoms with Crippen molar-refractivity contribution in [2.75, 3.05) is 4.90 Å². The molecule has 0 fully saturated rings. The third kappa shape index (κ3) is 1.53. The largest absolute Gasteiger partial charge is 0.280 e. The number of hydrogen-bond donors (Lipinski definition) is 0. The summed E-state index contributed by atoms with van der Waals surface area (Å²) < 4.78 is 0. The highest BCUT2D eigenvalue weighted by Gasteiger charge is 2.29. The maximum absolute atomic E-state index is 12.3. The lowest BCUT2D eigenvalue weighted by Gasteiger charge is -2.22. The van der Waals surface area contributed by atoms with Gasteiger partial charge < -0.3 is 0 Å². The standard InChI is InChI=1S/C16H15NO/c1-11-6-5-7-12(2)16(11)17-14-9-4-3-8-13(14)10-15(17)18/h3-9H,10H2,1-2H3. The lowest BCUT2D eigenvalue weighted by atomic mass is 10.1. The van der Waals surface area contributed by atoms with E-state index in [2.05, 4.69) is 26.0 Å². The van der Waals surface area contributed by atoms with Crippen LogP contribution in [0.25, 0.3) is 0 Å². The Hall–Kier alpha value is -2.09. The number of fused-ring (bicyclic) bond motifs is 1. The second kappa shape index (κ2) is 3.98. The van der Waals surface area contributed by atoms with E-state index in [4.69, 9.17) is 0 Å². The van der Waals surface area contributed by atoms with E-state index in [0.29, 0.717) is 6.42 Å². The van der Waals surface area contributed by atoms with Crippen LogP contribution >= 0.6 is 0 Å². The van der Waals surface area contributed by atoms with Gasteiger partial charge in [-0.05, 0) is 36.6 Å². The quantitative estimate of drug-likeness (QED) is 0.743. The molecule has 0 aromatic heterocycles. The molecular formula is C16H15NO. The maximum Gasteiger partial charge on any atom is 0.236 e. The zero-order valence-electron chi connectivity index (χ0n) is 10.6. The number of anilines is 2. The highest BCUT2D eigenvalue weighted by Crippen LogP contribution is 2.38. The van der Waals surface area contributed by atoms with Gasteiger partial charge in [0.25, 0.3) is 0 Å². The molecular weight excluding hydrogens is 222 g/mol. The van der Waals surface area contributed by atoms with Gasteiger partial charge in [0.15, 0.2) is 0 Å². The molecule has 0 N–H and O–H groups in total. The molecule has 0 radical (unpaired) electrons. The normalized spacial score (nSPS) is 13.9. The van der Waals surface area contributed by atoms with E-state index in [9.17, 15) is 4.79 Å². The molecule has 2 heteroatoms. The van der Waals surface area contributed by atoms with E-state index in [1.54, 1.807) is 0 Å². The van der Waals surface area contributed by atoms with Gasteiger partial charge in [-0.25, -0.2) is 0 Å². The molecule has 3 rings (SSSR count). The molecule has 1 amide bonds. The lowest BCUT2D eigenvalue weighted by molar-refractivity contribution is -0.116. The summed E-state index contributed by atoms with van der Waals surface area (Å²) in [6, 6.07) is 14.2. The summed E-state index contributed by atoms with van der Waals surface area (Å²) in [5.41, 5.74) is 5.46. The summed E-state index contributed by atoms with van der Waals surface area (Å²) in [5, 5.41) is 0. The number of para-hydroxylation sites is 2. The molecule has 2 aromatic carbocycles. The average molecular weight is 237 g/mol. The molecule has 0 unspecified atom stereocenters. The van der Waals surface area contributed by atoms with Gasteiger partial charge in [0, 0.05) is 0 Å². The van der Waals surface area contributed by atoms with Gasteiger partial charge in [-0.2, -0.15) is 0 Å². The van der Waals surface area contributed by atoms with Gasteiger partial charge in [-0.3, -0.25) is 9.69 Å². The number of hydrogen-bond acceptors (Lipinski definition) is 1. The van der Waals surface area contributed by atoms with Gasteiger partial charge in [-0.1, -0.05) is 36.4 Å². The second-order valence-corrected chi connectivity index (χ2v) is 4.78. The van der Waals surface area contributed by atoms with E-state index >= 15 is 0 Å². The molecule has 0 saturated heterocycles. The van der Waals surface area contributed by atoms with Gasteiger partial charge in [0.1, 0.15) is 0 Å². The van der Waals surface area contributed by atoms with Crippen molar-refractivity contribution in [3.63, 3.8) is 0 Å². The second-order valence-electron chi connectivity index (χ2n) is 4.78. The topological polar surface area (TPSA) is 20.3 Å². The van der Waals surface area contributed by atoms with Crippen molar-refractivity contribution >= 4 is 17.3 Å². The number of amides is 1. The Morgan fingerprint density at radius 1 is 0.944 bits per heavy atom. The minimum absolute atomic E-state index is 0.161.